The lowest BCUT2D eigenvalue weighted by molar-refractivity contribution is -0.278. The summed E-state index contributed by atoms with van der Waals surface area (Å²) >= 11 is 0. The van der Waals surface area contributed by atoms with Gasteiger partial charge in [-0.05, 0) is 11.1 Å². The van der Waals surface area contributed by atoms with Gasteiger partial charge in [-0.25, -0.2) is 0 Å². The van der Waals surface area contributed by atoms with Gasteiger partial charge in [-0.3, -0.25) is 0 Å². The molecule has 24 heavy (non-hydrogen) atoms. The number of aliphatic hydroxyl groups excluding tert-OH is 2. The van der Waals surface area contributed by atoms with Crippen LogP contribution in [-0.2, 0) is 27.4 Å². The highest BCUT2D eigenvalue weighted by Crippen LogP contribution is 2.22. The van der Waals surface area contributed by atoms with Gasteiger partial charge in [0.15, 0.2) is 6.29 Å². The van der Waals surface area contributed by atoms with Crippen molar-refractivity contribution < 1.29 is 24.4 Å². The highest BCUT2D eigenvalue weighted by molar-refractivity contribution is 5.14. The number of rotatable bonds is 6. The molecule has 1 saturated heterocycles. The molecule has 2 N–H and O–H groups in total. The van der Waals surface area contributed by atoms with E-state index in [2.05, 4.69) is 0 Å². The highest BCUT2D eigenvalue weighted by atomic mass is 16.7. The fraction of sp³-hybridized carbons (Fsp3) is 0.368. The second kappa shape index (κ2) is 8.37. The van der Waals surface area contributed by atoms with Crippen molar-refractivity contribution in [2.24, 2.45) is 0 Å². The summed E-state index contributed by atoms with van der Waals surface area (Å²) in [5, 5.41) is 20.3. The Hall–Kier alpha value is -1.76. The molecule has 1 aliphatic rings. The van der Waals surface area contributed by atoms with Gasteiger partial charge in [0.1, 0.15) is 18.3 Å². The molecule has 2 aromatic carbocycles. The first kappa shape index (κ1) is 17.1. The summed E-state index contributed by atoms with van der Waals surface area (Å²) in [5.74, 6) is 0. The van der Waals surface area contributed by atoms with Crippen molar-refractivity contribution in [1.82, 2.24) is 0 Å². The van der Waals surface area contributed by atoms with Gasteiger partial charge in [0.05, 0.1) is 19.8 Å². The average molecular weight is 330 g/mol. The molecule has 1 fully saturated rings. The van der Waals surface area contributed by atoms with E-state index in [1.165, 1.54) is 0 Å². The molecule has 1 unspecified atom stereocenters. The first-order valence-corrected chi connectivity index (χ1v) is 8.03. The van der Waals surface area contributed by atoms with E-state index in [9.17, 15) is 10.2 Å². The molecule has 4 atom stereocenters. The van der Waals surface area contributed by atoms with Crippen molar-refractivity contribution in [1.29, 1.82) is 0 Å². The maximum absolute atomic E-state index is 10.2. The topological polar surface area (TPSA) is 68.2 Å². The lowest BCUT2D eigenvalue weighted by Crippen LogP contribution is -2.55. The molecule has 1 heterocycles. The van der Waals surface area contributed by atoms with Gasteiger partial charge in [-0.1, -0.05) is 60.7 Å². The quantitative estimate of drug-likeness (QED) is 0.846. The Kier molecular flexibility index (Phi) is 5.96. The van der Waals surface area contributed by atoms with Gasteiger partial charge in [0, 0.05) is 0 Å². The molecule has 0 aromatic heterocycles. The zero-order valence-electron chi connectivity index (χ0n) is 13.3. The monoisotopic (exact) mass is 330 g/mol. The number of ether oxygens (including phenoxy) is 3. The first-order valence-electron chi connectivity index (χ1n) is 8.03. The van der Waals surface area contributed by atoms with Gasteiger partial charge in [0.25, 0.3) is 0 Å². The first-order chi connectivity index (χ1) is 11.7. The molecule has 5 heteroatoms. The van der Waals surface area contributed by atoms with Gasteiger partial charge >= 0.3 is 0 Å². The Morgan fingerprint density at radius 1 is 0.792 bits per heavy atom. The summed E-state index contributed by atoms with van der Waals surface area (Å²) < 4.78 is 16.8. The lowest BCUT2D eigenvalue weighted by atomic mass is 10.0. The summed E-state index contributed by atoms with van der Waals surface area (Å²) in [6.45, 7) is 0.663. The Morgan fingerprint density at radius 2 is 1.29 bits per heavy atom. The molecule has 0 spiro atoms. The van der Waals surface area contributed by atoms with Crippen LogP contribution in [0.15, 0.2) is 60.7 Å². The van der Waals surface area contributed by atoms with Crippen LogP contribution in [0.4, 0.5) is 0 Å². The van der Waals surface area contributed by atoms with Crippen LogP contribution >= 0.6 is 0 Å². The van der Waals surface area contributed by atoms with E-state index in [0.717, 1.165) is 11.1 Å². The third-order valence-electron chi connectivity index (χ3n) is 3.99. The van der Waals surface area contributed by atoms with E-state index >= 15 is 0 Å². The third kappa shape index (κ3) is 4.41. The van der Waals surface area contributed by atoms with Gasteiger partial charge in [0.2, 0.25) is 0 Å². The minimum Gasteiger partial charge on any atom is -0.388 e. The van der Waals surface area contributed by atoms with Crippen LogP contribution in [0.25, 0.3) is 0 Å². The molecule has 0 amide bonds. The Balaban J connectivity index is 1.63. The van der Waals surface area contributed by atoms with Crippen molar-refractivity contribution >= 4 is 0 Å². The molecule has 1 aliphatic heterocycles. The molecular weight excluding hydrogens is 308 g/mol. The van der Waals surface area contributed by atoms with Crippen LogP contribution in [0, 0.1) is 0 Å². The highest BCUT2D eigenvalue weighted by Gasteiger charge is 2.40. The molecule has 0 saturated carbocycles. The van der Waals surface area contributed by atoms with Crippen LogP contribution in [0.1, 0.15) is 11.1 Å². The van der Waals surface area contributed by atoms with Crippen molar-refractivity contribution in [2.75, 3.05) is 6.61 Å². The van der Waals surface area contributed by atoms with Crippen molar-refractivity contribution in [2.45, 2.75) is 37.8 Å². The predicted octanol–water partition coefficient (Wildman–Crippen LogP) is 1.87. The van der Waals surface area contributed by atoms with Crippen LogP contribution in [0.3, 0.4) is 0 Å². The minimum absolute atomic E-state index is 0.0197. The average Bonchev–Trinajstić information content (AvgIpc) is 2.63. The largest absolute Gasteiger partial charge is 0.388 e. The van der Waals surface area contributed by atoms with Crippen LogP contribution in [0.5, 0.6) is 0 Å². The van der Waals surface area contributed by atoms with E-state index < -0.39 is 24.6 Å². The van der Waals surface area contributed by atoms with Crippen molar-refractivity contribution in [3.63, 3.8) is 0 Å². The summed E-state index contributed by atoms with van der Waals surface area (Å²) in [6, 6.07) is 19.3. The number of benzene rings is 2. The summed E-state index contributed by atoms with van der Waals surface area (Å²) in [6.07, 6.45) is -3.38. The van der Waals surface area contributed by atoms with Gasteiger partial charge < -0.3 is 24.4 Å². The summed E-state index contributed by atoms with van der Waals surface area (Å²) in [7, 11) is 0. The minimum atomic E-state index is -1.13. The van der Waals surface area contributed by atoms with Crippen LogP contribution < -0.4 is 0 Å². The molecule has 0 aliphatic carbocycles. The smallest absolute Gasteiger partial charge is 0.183 e. The Labute approximate surface area is 141 Å². The van der Waals surface area contributed by atoms with Gasteiger partial charge in [-0.2, -0.15) is 0 Å². The second-order valence-electron chi connectivity index (χ2n) is 5.81. The fourth-order valence-electron chi connectivity index (χ4n) is 2.68. The molecule has 0 bridgehead atoms. The van der Waals surface area contributed by atoms with Crippen molar-refractivity contribution in [3.8, 4) is 0 Å². The summed E-state index contributed by atoms with van der Waals surface area (Å²) in [5.41, 5.74) is 1.97. The fourth-order valence-corrected chi connectivity index (χ4v) is 2.68. The number of hydrogen-bond donors (Lipinski definition) is 2. The SMILES string of the molecule is OC1OC[C@@H](O)[C@H](OCc2ccccc2)[C@H]1OCc1ccccc1. The number of hydrogen-bond acceptors (Lipinski definition) is 5. The molecule has 5 nitrogen and oxygen atoms in total. The zero-order valence-corrected chi connectivity index (χ0v) is 13.3. The molecule has 128 valence electrons. The molecule has 0 radical (unpaired) electrons. The maximum atomic E-state index is 10.2. The van der Waals surface area contributed by atoms with E-state index in [1.807, 2.05) is 60.7 Å². The van der Waals surface area contributed by atoms with Crippen molar-refractivity contribution in [3.05, 3.63) is 71.8 Å². The standard InChI is InChI=1S/C19H22O5/c20-16-13-24-19(21)18(23-12-15-9-5-2-6-10-15)17(16)22-11-14-7-3-1-4-8-14/h1-10,16-21H,11-13H2/t16-,17+,18-,19?/m1/s1. The maximum Gasteiger partial charge on any atom is 0.183 e. The number of aliphatic hydroxyl groups is 2. The predicted molar refractivity (Wildman–Crippen MR) is 88.0 cm³/mol. The van der Waals surface area contributed by atoms with E-state index in [4.69, 9.17) is 14.2 Å². The van der Waals surface area contributed by atoms with Crippen LogP contribution in [0.2, 0.25) is 0 Å². The Morgan fingerprint density at radius 3 is 1.83 bits per heavy atom. The molecular formula is C19H22O5. The molecule has 2 aromatic rings. The third-order valence-corrected chi connectivity index (χ3v) is 3.99. The zero-order chi connectivity index (χ0) is 16.8. The normalized spacial score (nSPS) is 27.1. The van der Waals surface area contributed by atoms with Crippen LogP contribution in [-0.4, -0.2) is 41.4 Å². The van der Waals surface area contributed by atoms with E-state index in [0.29, 0.717) is 13.2 Å². The van der Waals surface area contributed by atoms with E-state index in [-0.39, 0.29) is 6.61 Å². The lowest BCUT2D eigenvalue weighted by Gasteiger charge is -2.38. The van der Waals surface area contributed by atoms with Gasteiger partial charge in [-0.15, -0.1) is 0 Å². The Bertz CT molecular complexity index is 548. The molecule has 3 rings (SSSR count). The second-order valence-corrected chi connectivity index (χ2v) is 5.81. The van der Waals surface area contributed by atoms with E-state index in [1.54, 1.807) is 0 Å². The summed E-state index contributed by atoms with van der Waals surface area (Å²) in [4.78, 5) is 0.